The number of aliphatic hydroxyl groups is 1. The highest BCUT2D eigenvalue weighted by Crippen LogP contribution is 2.68. The third-order valence-corrected chi connectivity index (χ3v) is 12.0. The standard InChI is InChI=1S/C29H49NO3/c1-18-6-11-26(30-17-18)29(5,32)25-10-9-23-22-8-7-20-16-21(33-19(2)31)12-14-27(20,3)24(22)13-15-28(23,25)4/h18,20-26,30,32H,6-17H2,1-5H3. The van der Waals surface area contributed by atoms with Crippen molar-refractivity contribution in [2.45, 2.75) is 123 Å². The van der Waals surface area contributed by atoms with Gasteiger partial charge in [0.2, 0.25) is 0 Å². The molecule has 11 unspecified atom stereocenters. The van der Waals surface area contributed by atoms with Gasteiger partial charge in [-0.3, -0.25) is 4.79 Å². The first-order valence-corrected chi connectivity index (χ1v) is 14.2. The van der Waals surface area contributed by atoms with Gasteiger partial charge in [0.1, 0.15) is 6.10 Å². The lowest BCUT2D eigenvalue weighted by Gasteiger charge is -2.62. The molecule has 0 amide bonds. The molecule has 5 fully saturated rings. The van der Waals surface area contributed by atoms with E-state index >= 15 is 0 Å². The van der Waals surface area contributed by atoms with Gasteiger partial charge in [0.25, 0.3) is 0 Å². The summed E-state index contributed by atoms with van der Waals surface area (Å²) < 4.78 is 5.65. The van der Waals surface area contributed by atoms with E-state index in [1.54, 1.807) is 6.92 Å². The van der Waals surface area contributed by atoms with E-state index in [-0.39, 0.29) is 23.5 Å². The quantitative estimate of drug-likeness (QED) is 0.530. The van der Waals surface area contributed by atoms with E-state index in [4.69, 9.17) is 4.74 Å². The van der Waals surface area contributed by atoms with Gasteiger partial charge in [-0.2, -0.15) is 0 Å². The van der Waals surface area contributed by atoms with Crippen molar-refractivity contribution in [1.82, 2.24) is 5.32 Å². The zero-order chi connectivity index (χ0) is 23.6. The molecule has 4 saturated carbocycles. The number of fused-ring (bicyclic) bond motifs is 5. The van der Waals surface area contributed by atoms with Gasteiger partial charge >= 0.3 is 5.97 Å². The van der Waals surface area contributed by atoms with Gasteiger partial charge in [-0.15, -0.1) is 0 Å². The smallest absolute Gasteiger partial charge is 0.302 e. The number of hydrogen-bond acceptors (Lipinski definition) is 4. The van der Waals surface area contributed by atoms with Crippen LogP contribution in [0.4, 0.5) is 0 Å². The topological polar surface area (TPSA) is 58.6 Å². The van der Waals surface area contributed by atoms with E-state index in [2.05, 4.69) is 33.0 Å². The van der Waals surface area contributed by atoms with Crippen LogP contribution >= 0.6 is 0 Å². The van der Waals surface area contributed by atoms with Crippen LogP contribution in [0.2, 0.25) is 0 Å². The van der Waals surface area contributed by atoms with Gasteiger partial charge in [0.05, 0.1) is 5.60 Å². The lowest BCUT2D eigenvalue weighted by Crippen LogP contribution is -2.60. The maximum atomic E-state index is 12.0. The Kier molecular flexibility index (Phi) is 6.21. The number of hydrogen-bond donors (Lipinski definition) is 2. The fourth-order valence-electron chi connectivity index (χ4n) is 10.3. The average molecular weight is 460 g/mol. The molecule has 1 heterocycles. The molecule has 0 spiro atoms. The monoisotopic (exact) mass is 459 g/mol. The number of carbonyl (C=O) groups is 1. The van der Waals surface area contributed by atoms with E-state index in [0.29, 0.717) is 17.3 Å². The molecule has 33 heavy (non-hydrogen) atoms. The average Bonchev–Trinajstić information content (AvgIpc) is 3.12. The Balaban J connectivity index is 1.32. The first-order valence-electron chi connectivity index (χ1n) is 14.2. The Morgan fingerprint density at radius 1 is 0.970 bits per heavy atom. The summed E-state index contributed by atoms with van der Waals surface area (Å²) in [7, 11) is 0. The Hall–Kier alpha value is -0.610. The highest BCUT2D eigenvalue weighted by molar-refractivity contribution is 5.66. The molecule has 5 rings (SSSR count). The lowest BCUT2D eigenvalue weighted by atomic mass is 9.44. The van der Waals surface area contributed by atoms with Crippen LogP contribution in [0.1, 0.15) is 105 Å². The molecule has 1 saturated heterocycles. The molecule has 4 aliphatic carbocycles. The summed E-state index contributed by atoms with van der Waals surface area (Å²) in [5, 5.41) is 15.7. The van der Waals surface area contributed by atoms with Crippen molar-refractivity contribution in [1.29, 1.82) is 0 Å². The third-order valence-electron chi connectivity index (χ3n) is 12.0. The molecule has 2 N–H and O–H groups in total. The molecule has 4 nitrogen and oxygen atoms in total. The van der Waals surface area contributed by atoms with Crippen LogP contribution in [0.5, 0.6) is 0 Å². The minimum atomic E-state index is -0.611. The van der Waals surface area contributed by atoms with E-state index in [1.807, 2.05) is 0 Å². The summed E-state index contributed by atoms with van der Waals surface area (Å²) in [6.07, 6.45) is 13.6. The third kappa shape index (κ3) is 3.90. The number of carbonyl (C=O) groups excluding carboxylic acids is 1. The Bertz CT molecular complexity index is 743. The van der Waals surface area contributed by atoms with Crippen molar-refractivity contribution in [3.8, 4) is 0 Å². The Morgan fingerprint density at radius 2 is 1.70 bits per heavy atom. The van der Waals surface area contributed by atoms with Gasteiger partial charge in [-0.25, -0.2) is 0 Å². The van der Waals surface area contributed by atoms with Crippen molar-refractivity contribution in [3.63, 3.8) is 0 Å². The molecule has 0 aromatic heterocycles. The summed E-state index contributed by atoms with van der Waals surface area (Å²) in [4.78, 5) is 11.5. The second-order valence-corrected chi connectivity index (χ2v) is 13.7. The maximum absolute atomic E-state index is 12.0. The predicted octanol–water partition coefficient (Wildman–Crippen LogP) is 5.72. The highest BCUT2D eigenvalue weighted by atomic mass is 16.5. The van der Waals surface area contributed by atoms with Gasteiger partial charge in [-0.1, -0.05) is 20.8 Å². The van der Waals surface area contributed by atoms with Crippen molar-refractivity contribution in [3.05, 3.63) is 0 Å². The molecular weight excluding hydrogens is 410 g/mol. The fraction of sp³-hybridized carbons (Fsp3) is 0.966. The second-order valence-electron chi connectivity index (χ2n) is 13.7. The molecule has 0 aromatic rings. The van der Waals surface area contributed by atoms with Crippen LogP contribution in [-0.4, -0.2) is 35.4 Å². The Morgan fingerprint density at radius 3 is 2.39 bits per heavy atom. The minimum Gasteiger partial charge on any atom is -0.463 e. The predicted molar refractivity (Wildman–Crippen MR) is 132 cm³/mol. The second kappa shape index (κ2) is 8.50. The van der Waals surface area contributed by atoms with Crippen LogP contribution in [0.15, 0.2) is 0 Å². The lowest BCUT2D eigenvalue weighted by molar-refractivity contribution is -0.165. The van der Waals surface area contributed by atoms with Crippen LogP contribution in [0.3, 0.4) is 0 Å². The zero-order valence-corrected chi connectivity index (χ0v) is 21.9. The summed E-state index contributed by atoms with van der Waals surface area (Å²) in [5.74, 6) is 4.12. The van der Waals surface area contributed by atoms with Gasteiger partial charge < -0.3 is 15.2 Å². The zero-order valence-electron chi connectivity index (χ0n) is 21.9. The van der Waals surface area contributed by atoms with Crippen LogP contribution in [-0.2, 0) is 9.53 Å². The number of rotatable bonds is 3. The molecular formula is C29H49NO3. The molecule has 0 aromatic carbocycles. The molecule has 4 heteroatoms. The fourth-order valence-corrected chi connectivity index (χ4v) is 10.3. The Labute approximate surface area is 202 Å². The van der Waals surface area contributed by atoms with Crippen molar-refractivity contribution in [2.24, 2.45) is 46.3 Å². The van der Waals surface area contributed by atoms with Crippen LogP contribution in [0, 0.1) is 46.3 Å². The molecule has 5 aliphatic rings. The number of ether oxygens (including phenoxy) is 1. The van der Waals surface area contributed by atoms with Crippen molar-refractivity contribution in [2.75, 3.05) is 6.54 Å². The number of nitrogens with one attached hydrogen (secondary N) is 1. The van der Waals surface area contributed by atoms with E-state index in [1.165, 1.54) is 51.4 Å². The summed E-state index contributed by atoms with van der Waals surface area (Å²) in [6.45, 7) is 12.2. The van der Waals surface area contributed by atoms with Crippen molar-refractivity contribution >= 4 is 5.97 Å². The first-order chi connectivity index (χ1) is 15.6. The van der Waals surface area contributed by atoms with E-state index < -0.39 is 5.60 Å². The van der Waals surface area contributed by atoms with E-state index in [9.17, 15) is 9.90 Å². The molecule has 1 aliphatic heterocycles. The summed E-state index contributed by atoms with van der Waals surface area (Å²) >= 11 is 0. The van der Waals surface area contributed by atoms with Gasteiger partial charge in [0.15, 0.2) is 0 Å². The summed E-state index contributed by atoms with van der Waals surface area (Å²) in [5.41, 5.74) is 0.0653. The van der Waals surface area contributed by atoms with E-state index in [0.717, 1.165) is 49.5 Å². The SMILES string of the molecule is CC(=O)OC1CCC2(C)C(CCC3C2CCC2(C)C3CCC2C(C)(O)C2CCC(C)CN2)C1. The molecule has 0 radical (unpaired) electrons. The van der Waals surface area contributed by atoms with Gasteiger partial charge in [-0.05, 0) is 130 Å². The van der Waals surface area contributed by atoms with Gasteiger partial charge in [0, 0.05) is 13.0 Å². The van der Waals surface area contributed by atoms with Crippen molar-refractivity contribution < 1.29 is 14.6 Å². The molecule has 0 bridgehead atoms. The largest absolute Gasteiger partial charge is 0.463 e. The summed E-state index contributed by atoms with van der Waals surface area (Å²) in [6, 6.07) is 0.247. The normalized spacial score (nSPS) is 51.6. The first kappa shape index (κ1) is 24.1. The molecule has 11 atom stereocenters. The molecule has 188 valence electrons. The number of piperidine rings is 1. The maximum Gasteiger partial charge on any atom is 0.302 e. The highest BCUT2D eigenvalue weighted by Gasteiger charge is 2.63. The van der Waals surface area contributed by atoms with Crippen LogP contribution in [0.25, 0.3) is 0 Å². The number of esters is 1. The minimum absolute atomic E-state index is 0.114. The van der Waals surface area contributed by atoms with Crippen LogP contribution < -0.4 is 5.32 Å².